The van der Waals surface area contributed by atoms with Crippen molar-refractivity contribution in [1.82, 2.24) is 9.80 Å². The van der Waals surface area contributed by atoms with Crippen LogP contribution >= 0.6 is 0 Å². The second-order valence-electron chi connectivity index (χ2n) is 9.41. The summed E-state index contributed by atoms with van der Waals surface area (Å²) in [5, 5.41) is 0. The monoisotopic (exact) mass is 430 g/mol. The Bertz CT molecular complexity index is 539. The second-order valence-corrected chi connectivity index (χ2v) is 9.41. The summed E-state index contributed by atoms with van der Waals surface area (Å²) in [6, 6.07) is 10.9. The van der Waals surface area contributed by atoms with E-state index in [9.17, 15) is 0 Å². The zero-order chi connectivity index (χ0) is 21.4. The van der Waals surface area contributed by atoms with Crippen LogP contribution in [0.25, 0.3) is 0 Å². The van der Waals surface area contributed by atoms with E-state index in [1.807, 2.05) is 0 Å². The van der Waals surface area contributed by atoms with E-state index >= 15 is 0 Å². The number of benzene rings is 1. The minimum atomic E-state index is 0.0889. The number of nitrogens with zero attached hydrogens (tertiary/aromatic N) is 2. The van der Waals surface area contributed by atoms with Gasteiger partial charge in [-0.1, -0.05) is 68.9 Å². The molecule has 2 aliphatic rings. The van der Waals surface area contributed by atoms with Gasteiger partial charge in [-0.2, -0.15) is 0 Å². The lowest BCUT2D eigenvalue weighted by molar-refractivity contribution is -0.162. The van der Waals surface area contributed by atoms with Crippen LogP contribution in [0, 0.1) is 0 Å². The van der Waals surface area contributed by atoms with Crippen LogP contribution in [0.15, 0.2) is 30.3 Å². The summed E-state index contributed by atoms with van der Waals surface area (Å²) in [6.07, 6.45) is 15.6. The van der Waals surface area contributed by atoms with E-state index in [1.165, 1.54) is 115 Å². The maximum Gasteiger partial charge on any atom is 0.157 e. The lowest BCUT2D eigenvalue weighted by Crippen LogP contribution is -2.47. The molecule has 176 valence electrons. The van der Waals surface area contributed by atoms with E-state index in [4.69, 9.17) is 9.47 Å². The lowest BCUT2D eigenvalue weighted by atomic mass is 10.1. The van der Waals surface area contributed by atoms with Gasteiger partial charge in [-0.05, 0) is 50.6 Å². The van der Waals surface area contributed by atoms with Crippen LogP contribution in [-0.4, -0.2) is 68.6 Å². The van der Waals surface area contributed by atoms with Gasteiger partial charge < -0.3 is 19.3 Å². The second kappa shape index (κ2) is 15.8. The number of hydrogen-bond acceptors (Lipinski definition) is 4. The topological polar surface area (TPSA) is 24.9 Å². The van der Waals surface area contributed by atoms with Crippen LogP contribution in [0.4, 0.5) is 0 Å². The average molecular weight is 431 g/mol. The molecule has 0 spiro atoms. The van der Waals surface area contributed by atoms with Crippen LogP contribution in [0.2, 0.25) is 0 Å². The van der Waals surface area contributed by atoms with E-state index in [-0.39, 0.29) is 6.29 Å². The fourth-order valence-electron chi connectivity index (χ4n) is 4.72. The fourth-order valence-corrected chi connectivity index (χ4v) is 4.72. The van der Waals surface area contributed by atoms with Gasteiger partial charge in [0.15, 0.2) is 6.29 Å². The minimum Gasteiger partial charge on any atom is -0.353 e. The van der Waals surface area contributed by atoms with E-state index < -0.39 is 0 Å². The number of piperazine rings is 1. The molecule has 4 nitrogen and oxygen atoms in total. The molecule has 1 atom stereocenters. The Morgan fingerprint density at radius 3 is 2.06 bits per heavy atom. The summed E-state index contributed by atoms with van der Waals surface area (Å²) in [7, 11) is 0. The van der Waals surface area contributed by atoms with Gasteiger partial charge in [-0.15, -0.1) is 0 Å². The molecule has 0 aliphatic carbocycles. The molecule has 2 fully saturated rings. The maximum atomic E-state index is 5.81. The zero-order valence-corrected chi connectivity index (χ0v) is 19.8. The van der Waals surface area contributed by atoms with Crippen molar-refractivity contribution >= 4 is 0 Å². The molecular formula is C27H46N2O2. The summed E-state index contributed by atoms with van der Waals surface area (Å²) in [5.41, 5.74) is 1.47. The molecular weight excluding hydrogens is 384 g/mol. The van der Waals surface area contributed by atoms with E-state index in [0.717, 1.165) is 19.6 Å². The van der Waals surface area contributed by atoms with Gasteiger partial charge in [-0.3, -0.25) is 0 Å². The largest absolute Gasteiger partial charge is 0.353 e. The predicted molar refractivity (Wildman–Crippen MR) is 130 cm³/mol. The molecule has 2 aliphatic heterocycles. The summed E-state index contributed by atoms with van der Waals surface area (Å²) < 4.78 is 11.4. The van der Waals surface area contributed by atoms with E-state index in [1.54, 1.807) is 0 Å². The highest BCUT2D eigenvalue weighted by Crippen LogP contribution is 2.15. The lowest BCUT2D eigenvalue weighted by Gasteiger charge is -2.34. The third-order valence-electron chi connectivity index (χ3n) is 6.83. The first-order valence-electron chi connectivity index (χ1n) is 13.1. The van der Waals surface area contributed by atoms with Gasteiger partial charge in [0.05, 0.1) is 0 Å². The molecule has 4 heteroatoms. The molecule has 31 heavy (non-hydrogen) atoms. The smallest absolute Gasteiger partial charge is 0.157 e. The maximum absolute atomic E-state index is 5.81. The third-order valence-corrected chi connectivity index (χ3v) is 6.83. The van der Waals surface area contributed by atoms with Crippen molar-refractivity contribution in [1.29, 1.82) is 0 Å². The first-order chi connectivity index (χ1) is 15.4. The summed E-state index contributed by atoms with van der Waals surface area (Å²) in [5.74, 6) is 0. The zero-order valence-electron chi connectivity index (χ0n) is 19.8. The quantitative estimate of drug-likeness (QED) is 0.343. The van der Waals surface area contributed by atoms with Crippen LogP contribution in [0.5, 0.6) is 0 Å². The van der Waals surface area contributed by atoms with E-state index in [0.29, 0.717) is 0 Å². The van der Waals surface area contributed by atoms with Gasteiger partial charge >= 0.3 is 0 Å². The number of ether oxygens (including phenoxy) is 2. The Morgan fingerprint density at radius 2 is 1.39 bits per heavy atom. The van der Waals surface area contributed by atoms with Crippen molar-refractivity contribution in [2.24, 2.45) is 0 Å². The minimum absolute atomic E-state index is 0.0889. The first kappa shape index (κ1) is 24.7. The highest BCUT2D eigenvalue weighted by atomic mass is 16.7. The van der Waals surface area contributed by atoms with Crippen LogP contribution < -0.4 is 0 Å². The van der Waals surface area contributed by atoms with Crippen LogP contribution in [-0.2, 0) is 15.9 Å². The van der Waals surface area contributed by atoms with Crippen molar-refractivity contribution in [2.75, 3.05) is 52.5 Å². The molecule has 0 radical (unpaired) electrons. The number of rotatable bonds is 15. The summed E-state index contributed by atoms with van der Waals surface area (Å²) in [4.78, 5) is 5.31. The highest BCUT2D eigenvalue weighted by Gasteiger charge is 2.16. The molecule has 2 heterocycles. The Kier molecular flexibility index (Phi) is 12.6. The predicted octanol–water partition coefficient (Wildman–Crippen LogP) is 5.51. The molecule has 2 saturated heterocycles. The van der Waals surface area contributed by atoms with Gasteiger partial charge in [0.2, 0.25) is 0 Å². The Balaban J connectivity index is 1.06. The van der Waals surface area contributed by atoms with Crippen LogP contribution in [0.3, 0.4) is 0 Å². The molecule has 0 saturated carbocycles. The molecule has 3 rings (SSSR count). The normalized spacial score (nSPS) is 20.8. The first-order valence-corrected chi connectivity index (χ1v) is 13.1. The summed E-state index contributed by atoms with van der Waals surface area (Å²) in [6.45, 7) is 9.25. The van der Waals surface area contributed by atoms with Crippen LogP contribution in [0.1, 0.15) is 76.2 Å². The number of hydrogen-bond donors (Lipinski definition) is 0. The molecule has 1 aromatic rings. The van der Waals surface area contributed by atoms with Gasteiger partial charge in [-0.25, -0.2) is 0 Å². The standard InChI is InChI=1S/C27H46N2O2/c1(2-4-6-12-24-30-27-16-10-13-25-31-27)3-5-11-18-28-20-22-29(23-21-28)19-17-26-14-8-7-9-15-26/h7-9,14-15,27H,1-6,10-13,16-25H2. The third kappa shape index (κ3) is 11.0. The molecule has 0 amide bonds. The Labute approximate surface area is 191 Å². The van der Waals surface area contributed by atoms with Crippen molar-refractivity contribution in [3.8, 4) is 0 Å². The average Bonchev–Trinajstić information content (AvgIpc) is 2.83. The molecule has 0 N–H and O–H groups in total. The molecule has 1 aromatic carbocycles. The number of unbranched alkanes of at least 4 members (excludes halogenated alkanes) is 7. The molecule has 0 aromatic heterocycles. The van der Waals surface area contributed by atoms with Crippen molar-refractivity contribution in [3.63, 3.8) is 0 Å². The van der Waals surface area contributed by atoms with Crippen molar-refractivity contribution in [3.05, 3.63) is 35.9 Å². The summed E-state index contributed by atoms with van der Waals surface area (Å²) >= 11 is 0. The van der Waals surface area contributed by atoms with E-state index in [2.05, 4.69) is 40.1 Å². The highest BCUT2D eigenvalue weighted by molar-refractivity contribution is 5.14. The van der Waals surface area contributed by atoms with Gasteiger partial charge in [0.1, 0.15) is 0 Å². The molecule has 0 bridgehead atoms. The molecule has 1 unspecified atom stereocenters. The Morgan fingerprint density at radius 1 is 0.742 bits per heavy atom. The Hall–Kier alpha value is -0.940. The van der Waals surface area contributed by atoms with Crippen molar-refractivity contribution < 1.29 is 9.47 Å². The fraction of sp³-hybridized carbons (Fsp3) is 0.778. The van der Waals surface area contributed by atoms with Crippen molar-refractivity contribution in [2.45, 2.75) is 83.3 Å². The van der Waals surface area contributed by atoms with Gasteiger partial charge in [0.25, 0.3) is 0 Å². The van der Waals surface area contributed by atoms with Gasteiger partial charge in [0, 0.05) is 45.9 Å². The SMILES string of the molecule is c1ccc(CCN2CCN(CCCCCCCCCCOC3CCCCO3)CC2)cc1.